The van der Waals surface area contributed by atoms with Gasteiger partial charge in [-0.3, -0.25) is 13.9 Å². The Morgan fingerprint density at radius 1 is 1.00 bits per heavy atom. The van der Waals surface area contributed by atoms with Gasteiger partial charge in [0.15, 0.2) is 0 Å². The first-order chi connectivity index (χ1) is 16.2. The van der Waals surface area contributed by atoms with Crippen LogP contribution in [0.5, 0.6) is 5.75 Å². The van der Waals surface area contributed by atoms with Crippen LogP contribution in [-0.4, -0.2) is 57.1 Å². The van der Waals surface area contributed by atoms with Crippen molar-refractivity contribution in [1.29, 1.82) is 0 Å². The van der Waals surface area contributed by atoms with Gasteiger partial charge in [-0.05, 0) is 49.6 Å². The van der Waals surface area contributed by atoms with E-state index in [0.29, 0.717) is 31.0 Å². The predicted molar refractivity (Wildman–Crippen MR) is 134 cm³/mol. The van der Waals surface area contributed by atoms with Gasteiger partial charge in [-0.2, -0.15) is 0 Å². The zero-order valence-electron chi connectivity index (χ0n) is 20.4. The minimum atomic E-state index is -3.77. The molecule has 0 unspecified atom stereocenters. The molecule has 0 heterocycles. The monoisotopic (exact) mass is 489 g/mol. The maximum absolute atomic E-state index is 13.5. The summed E-state index contributed by atoms with van der Waals surface area (Å²) in [5, 5.41) is 2.86. The fourth-order valence-electron chi connectivity index (χ4n) is 3.55. The van der Waals surface area contributed by atoms with Crippen molar-refractivity contribution in [2.45, 2.75) is 46.2 Å². The number of carbonyl (C=O) groups excluding carboxylic acids is 2. The summed E-state index contributed by atoms with van der Waals surface area (Å²) in [4.78, 5) is 27.9. The number of sulfonamides is 1. The summed E-state index contributed by atoms with van der Waals surface area (Å²) in [6.45, 7) is 6.41. The Kier molecular flexibility index (Phi) is 10.4. The molecule has 0 saturated heterocycles. The minimum absolute atomic E-state index is 0.193. The standard InChI is InChI=1S/C25H35N3O5S/c1-5-17-26-25(30)23(6-2)27(18-20-11-9-8-10-12-20)24(29)19-28(34(4,31)32)21-13-15-22(16-14-21)33-7-3/h8-16,23H,5-7,17-19H2,1-4H3,(H,26,30)/t23-/m1/s1. The number of anilines is 1. The van der Waals surface area contributed by atoms with Crippen molar-refractivity contribution in [1.82, 2.24) is 10.2 Å². The van der Waals surface area contributed by atoms with Gasteiger partial charge < -0.3 is 15.0 Å². The third-order valence-corrected chi connectivity index (χ3v) is 6.39. The molecule has 2 aromatic carbocycles. The van der Waals surface area contributed by atoms with Gasteiger partial charge in [-0.15, -0.1) is 0 Å². The van der Waals surface area contributed by atoms with E-state index in [1.807, 2.05) is 51.1 Å². The van der Waals surface area contributed by atoms with Crippen LogP contribution in [0.3, 0.4) is 0 Å². The highest BCUT2D eigenvalue weighted by Gasteiger charge is 2.31. The molecular weight excluding hydrogens is 454 g/mol. The summed E-state index contributed by atoms with van der Waals surface area (Å²) < 4.78 is 31.7. The molecule has 1 N–H and O–H groups in total. The largest absolute Gasteiger partial charge is 0.494 e. The molecule has 34 heavy (non-hydrogen) atoms. The molecule has 0 radical (unpaired) electrons. The van der Waals surface area contributed by atoms with Crippen molar-refractivity contribution in [2.24, 2.45) is 0 Å². The SMILES string of the molecule is CCCNC(=O)[C@@H](CC)N(Cc1ccccc1)C(=O)CN(c1ccc(OCC)cc1)S(C)(=O)=O. The van der Waals surface area contributed by atoms with E-state index in [9.17, 15) is 18.0 Å². The zero-order chi connectivity index (χ0) is 25.1. The van der Waals surface area contributed by atoms with Crippen molar-refractivity contribution in [2.75, 3.05) is 30.3 Å². The van der Waals surface area contributed by atoms with E-state index in [-0.39, 0.29) is 12.5 Å². The molecule has 1 atom stereocenters. The molecule has 0 aromatic heterocycles. The lowest BCUT2D eigenvalue weighted by Crippen LogP contribution is -2.52. The van der Waals surface area contributed by atoms with E-state index in [2.05, 4.69) is 5.32 Å². The fraction of sp³-hybridized carbons (Fsp3) is 0.440. The van der Waals surface area contributed by atoms with Gasteiger partial charge in [0.2, 0.25) is 21.8 Å². The van der Waals surface area contributed by atoms with Gasteiger partial charge in [0.1, 0.15) is 18.3 Å². The molecule has 2 rings (SSSR count). The molecular formula is C25H35N3O5S. The normalized spacial score (nSPS) is 12.0. The highest BCUT2D eigenvalue weighted by atomic mass is 32.2. The summed E-state index contributed by atoms with van der Waals surface area (Å²) >= 11 is 0. The van der Waals surface area contributed by atoms with Crippen LogP contribution < -0.4 is 14.4 Å². The maximum Gasteiger partial charge on any atom is 0.244 e. The van der Waals surface area contributed by atoms with Crippen LogP contribution in [0.2, 0.25) is 0 Å². The molecule has 2 aromatic rings. The van der Waals surface area contributed by atoms with E-state index in [1.165, 1.54) is 4.90 Å². The van der Waals surface area contributed by atoms with Crippen molar-refractivity contribution in [3.8, 4) is 5.75 Å². The number of hydrogen-bond donors (Lipinski definition) is 1. The van der Waals surface area contributed by atoms with Crippen molar-refractivity contribution >= 4 is 27.5 Å². The van der Waals surface area contributed by atoms with Crippen molar-refractivity contribution in [3.63, 3.8) is 0 Å². The lowest BCUT2D eigenvalue weighted by molar-refractivity contribution is -0.140. The van der Waals surface area contributed by atoms with Crippen LogP contribution in [0, 0.1) is 0 Å². The summed E-state index contributed by atoms with van der Waals surface area (Å²) in [6.07, 6.45) is 2.23. The van der Waals surface area contributed by atoms with E-state index >= 15 is 0 Å². The summed E-state index contributed by atoms with van der Waals surface area (Å²) in [5.41, 5.74) is 1.20. The Balaban J connectivity index is 2.37. The number of carbonyl (C=O) groups is 2. The predicted octanol–water partition coefficient (Wildman–Crippen LogP) is 3.18. The Morgan fingerprint density at radius 2 is 1.65 bits per heavy atom. The maximum atomic E-state index is 13.5. The van der Waals surface area contributed by atoms with Gasteiger partial charge in [0.05, 0.1) is 18.6 Å². The van der Waals surface area contributed by atoms with Gasteiger partial charge in [0.25, 0.3) is 0 Å². The van der Waals surface area contributed by atoms with Crippen LogP contribution >= 0.6 is 0 Å². The molecule has 9 heteroatoms. The van der Waals surface area contributed by atoms with Crippen LogP contribution in [0.4, 0.5) is 5.69 Å². The van der Waals surface area contributed by atoms with Gasteiger partial charge in [-0.25, -0.2) is 8.42 Å². The Bertz CT molecular complexity index is 1030. The number of amides is 2. The van der Waals surface area contributed by atoms with Gasteiger partial charge in [0, 0.05) is 13.1 Å². The molecule has 0 spiro atoms. The summed E-state index contributed by atoms with van der Waals surface area (Å²) in [5.74, 6) is -0.0994. The average Bonchev–Trinajstić information content (AvgIpc) is 2.81. The number of benzene rings is 2. The fourth-order valence-corrected chi connectivity index (χ4v) is 4.40. The average molecular weight is 490 g/mol. The second-order valence-corrected chi connectivity index (χ2v) is 9.83. The number of rotatable bonds is 13. The topological polar surface area (TPSA) is 96.0 Å². The Morgan fingerprint density at radius 3 is 2.18 bits per heavy atom. The first-order valence-corrected chi connectivity index (χ1v) is 13.4. The highest BCUT2D eigenvalue weighted by molar-refractivity contribution is 7.92. The first-order valence-electron chi connectivity index (χ1n) is 11.5. The zero-order valence-corrected chi connectivity index (χ0v) is 21.2. The second-order valence-electron chi connectivity index (χ2n) is 7.92. The summed E-state index contributed by atoms with van der Waals surface area (Å²) in [6, 6.07) is 15.1. The molecule has 0 saturated carbocycles. The van der Waals surface area contributed by atoms with Crippen LogP contribution in [-0.2, 0) is 26.2 Å². The van der Waals surface area contributed by atoms with Gasteiger partial charge in [-0.1, -0.05) is 44.2 Å². The molecule has 0 aliphatic carbocycles. The number of nitrogens with zero attached hydrogens (tertiary/aromatic N) is 2. The van der Waals surface area contributed by atoms with Crippen LogP contribution in [0.1, 0.15) is 39.2 Å². The molecule has 2 amide bonds. The van der Waals surface area contributed by atoms with Crippen molar-refractivity contribution < 1.29 is 22.7 Å². The highest BCUT2D eigenvalue weighted by Crippen LogP contribution is 2.23. The minimum Gasteiger partial charge on any atom is -0.494 e. The Hall–Kier alpha value is -3.07. The van der Waals surface area contributed by atoms with E-state index < -0.39 is 28.5 Å². The first kappa shape index (κ1) is 27.2. The van der Waals surface area contributed by atoms with E-state index in [0.717, 1.165) is 22.5 Å². The quantitative estimate of drug-likeness (QED) is 0.466. The number of hydrogen-bond acceptors (Lipinski definition) is 5. The van der Waals surface area contributed by atoms with Gasteiger partial charge >= 0.3 is 0 Å². The number of ether oxygens (including phenoxy) is 1. The van der Waals surface area contributed by atoms with Crippen LogP contribution in [0.15, 0.2) is 54.6 Å². The number of nitrogens with one attached hydrogen (secondary N) is 1. The molecule has 186 valence electrons. The van der Waals surface area contributed by atoms with Crippen LogP contribution in [0.25, 0.3) is 0 Å². The van der Waals surface area contributed by atoms with E-state index in [4.69, 9.17) is 4.74 Å². The van der Waals surface area contributed by atoms with E-state index in [1.54, 1.807) is 24.3 Å². The smallest absolute Gasteiger partial charge is 0.244 e. The van der Waals surface area contributed by atoms with Crippen molar-refractivity contribution in [3.05, 3.63) is 60.2 Å². The second kappa shape index (κ2) is 13.0. The lowest BCUT2D eigenvalue weighted by atomic mass is 10.1. The molecule has 0 aliphatic rings. The third-order valence-electron chi connectivity index (χ3n) is 5.25. The molecule has 0 aliphatic heterocycles. The lowest BCUT2D eigenvalue weighted by Gasteiger charge is -2.32. The Labute approximate surface area is 202 Å². The molecule has 0 bridgehead atoms. The molecule has 8 nitrogen and oxygen atoms in total. The summed E-state index contributed by atoms with van der Waals surface area (Å²) in [7, 11) is -3.77. The molecule has 0 fully saturated rings. The third kappa shape index (κ3) is 7.76.